The van der Waals surface area contributed by atoms with Gasteiger partial charge >= 0.3 is 0 Å². The van der Waals surface area contributed by atoms with Gasteiger partial charge in [-0.05, 0) is 49.9 Å². The molecular formula is C16H26N2O. The van der Waals surface area contributed by atoms with Crippen molar-refractivity contribution in [1.82, 2.24) is 5.32 Å². The molecule has 2 N–H and O–H groups in total. The van der Waals surface area contributed by atoms with Gasteiger partial charge in [0, 0.05) is 18.3 Å². The highest BCUT2D eigenvalue weighted by Crippen LogP contribution is 2.19. The number of benzene rings is 1. The van der Waals surface area contributed by atoms with E-state index in [2.05, 4.69) is 42.7 Å². The molecule has 1 aromatic carbocycles. The van der Waals surface area contributed by atoms with Crippen LogP contribution in [0.3, 0.4) is 0 Å². The largest absolute Gasteiger partial charge is 0.493 e. The summed E-state index contributed by atoms with van der Waals surface area (Å²) >= 11 is 0. The van der Waals surface area contributed by atoms with E-state index in [1.165, 1.54) is 19.4 Å². The summed E-state index contributed by atoms with van der Waals surface area (Å²) in [6, 6.07) is 8.28. The highest BCUT2D eigenvalue weighted by molar-refractivity contribution is 5.48. The lowest BCUT2D eigenvalue weighted by molar-refractivity contribution is 0.271. The van der Waals surface area contributed by atoms with Crippen LogP contribution >= 0.6 is 0 Å². The van der Waals surface area contributed by atoms with Gasteiger partial charge in [-0.25, -0.2) is 0 Å². The minimum Gasteiger partial charge on any atom is -0.493 e. The number of nitrogens with one attached hydrogen (secondary N) is 2. The highest BCUT2D eigenvalue weighted by atomic mass is 16.5. The van der Waals surface area contributed by atoms with Gasteiger partial charge in [0.2, 0.25) is 0 Å². The quantitative estimate of drug-likeness (QED) is 0.826. The predicted molar refractivity (Wildman–Crippen MR) is 80.9 cm³/mol. The molecule has 0 bridgehead atoms. The number of rotatable bonds is 6. The van der Waals surface area contributed by atoms with Crippen molar-refractivity contribution in [3.05, 3.63) is 24.3 Å². The molecule has 1 fully saturated rings. The normalized spacial score (nSPS) is 19.4. The summed E-state index contributed by atoms with van der Waals surface area (Å²) in [6.45, 7) is 8.46. The monoisotopic (exact) mass is 262 g/mol. The third-order valence-corrected chi connectivity index (χ3v) is 3.41. The maximum atomic E-state index is 5.75. The molecule has 0 radical (unpaired) electrons. The summed E-state index contributed by atoms with van der Waals surface area (Å²) in [6.07, 6.45) is 2.62. The third kappa shape index (κ3) is 5.11. The fraction of sp³-hybridized carbons (Fsp3) is 0.625. The van der Waals surface area contributed by atoms with Crippen LogP contribution in [0.1, 0.15) is 26.7 Å². The molecule has 0 saturated carbocycles. The minimum atomic E-state index is 0.560. The summed E-state index contributed by atoms with van der Waals surface area (Å²) in [4.78, 5) is 0. The van der Waals surface area contributed by atoms with Crippen LogP contribution in [-0.2, 0) is 0 Å². The minimum absolute atomic E-state index is 0.560. The summed E-state index contributed by atoms with van der Waals surface area (Å²) in [5.74, 6) is 2.26. The Bertz CT molecular complexity index is 373. The Morgan fingerprint density at radius 1 is 1.42 bits per heavy atom. The van der Waals surface area contributed by atoms with Crippen molar-refractivity contribution in [2.75, 3.05) is 31.6 Å². The predicted octanol–water partition coefficient (Wildman–Crippen LogP) is 3.13. The van der Waals surface area contributed by atoms with Crippen molar-refractivity contribution in [1.29, 1.82) is 0 Å². The highest BCUT2D eigenvalue weighted by Gasteiger charge is 2.12. The van der Waals surface area contributed by atoms with Crippen molar-refractivity contribution in [3.63, 3.8) is 0 Å². The third-order valence-electron chi connectivity index (χ3n) is 3.41. The lowest BCUT2D eigenvalue weighted by atomic mass is 10.00. The maximum Gasteiger partial charge on any atom is 0.121 e. The van der Waals surface area contributed by atoms with E-state index >= 15 is 0 Å². The van der Waals surface area contributed by atoms with E-state index in [-0.39, 0.29) is 0 Å². The SMILES string of the molecule is CC(C)COc1cccc(NCC2CCCNC2)c1. The van der Waals surface area contributed by atoms with Gasteiger partial charge in [-0.3, -0.25) is 0 Å². The Kier molecular flexibility index (Phi) is 5.52. The molecule has 19 heavy (non-hydrogen) atoms. The van der Waals surface area contributed by atoms with Gasteiger partial charge < -0.3 is 15.4 Å². The number of hydrogen-bond acceptors (Lipinski definition) is 3. The molecule has 1 aromatic rings. The molecular weight excluding hydrogens is 236 g/mol. The summed E-state index contributed by atoms with van der Waals surface area (Å²) in [5.41, 5.74) is 1.16. The van der Waals surface area contributed by atoms with E-state index in [1.54, 1.807) is 0 Å². The molecule has 1 aliphatic heterocycles. The van der Waals surface area contributed by atoms with Gasteiger partial charge in [-0.2, -0.15) is 0 Å². The van der Waals surface area contributed by atoms with E-state index in [0.29, 0.717) is 5.92 Å². The van der Waals surface area contributed by atoms with E-state index in [9.17, 15) is 0 Å². The van der Waals surface area contributed by atoms with Gasteiger partial charge in [0.25, 0.3) is 0 Å². The van der Waals surface area contributed by atoms with E-state index in [0.717, 1.165) is 37.1 Å². The molecule has 1 unspecified atom stereocenters. The van der Waals surface area contributed by atoms with E-state index in [1.807, 2.05) is 6.07 Å². The van der Waals surface area contributed by atoms with Crippen molar-refractivity contribution in [3.8, 4) is 5.75 Å². The summed E-state index contributed by atoms with van der Waals surface area (Å²) in [5, 5.41) is 6.97. The number of hydrogen-bond donors (Lipinski definition) is 2. The first-order valence-corrected chi connectivity index (χ1v) is 7.41. The molecule has 1 saturated heterocycles. The van der Waals surface area contributed by atoms with E-state index < -0.39 is 0 Å². The zero-order chi connectivity index (χ0) is 13.5. The first kappa shape index (κ1) is 14.2. The number of anilines is 1. The van der Waals surface area contributed by atoms with Gasteiger partial charge in [0.05, 0.1) is 6.61 Å². The standard InChI is InChI=1S/C16H26N2O/c1-13(2)12-19-16-7-3-6-15(9-16)18-11-14-5-4-8-17-10-14/h3,6-7,9,13-14,17-18H,4-5,8,10-12H2,1-2H3. The van der Waals surface area contributed by atoms with Crippen LogP contribution in [0.2, 0.25) is 0 Å². The number of piperidine rings is 1. The van der Waals surface area contributed by atoms with Gasteiger partial charge in [-0.15, -0.1) is 0 Å². The molecule has 0 aliphatic carbocycles. The van der Waals surface area contributed by atoms with Crippen LogP contribution in [0.4, 0.5) is 5.69 Å². The van der Waals surface area contributed by atoms with Crippen LogP contribution in [0, 0.1) is 11.8 Å². The molecule has 2 rings (SSSR count). The Morgan fingerprint density at radius 3 is 3.05 bits per heavy atom. The first-order valence-electron chi connectivity index (χ1n) is 7.41. The second-order valence-electron chi connectivity index (χ2n) is 5.83. The molecule has 1 aliphatic rings. The molecule has 106 valence electrons. The smallest absolute Gasteiger partial charge is 0.121 e. The molecule has 0 spiro atoms. The fourth-order valence-electron chi connectivity index (χ4n) is 2.32. The molecule has 0 aromatic heterocycles. The number of ether oxygens (including phenoxy) is 1. The average Bonchev–Trinajstić information content (AvgIpc) is 2.44. The zero-order valence-corrected chi connectivity index (χ0v) is 12.1. The molecule has 0 amide bonds. The van der Waals surface area contributed by atoms with Gasteiger partial charge in [0.1, 0.15) is 5.75 Å². The lowest BCUT2D eigenvalue weighted by Crippen LogP contribution is -2.33. The van der Waals surface area contributed by atoms with Crippen molar-refractivity contribution in [2.45, 2.75) is 26.7 Å². The van der Waals surface area contributed by atoms with Gasteiger partial charge in [-0.1, -0.05) is 19.9 Å². The van der Waals surface area contributed by atoms with Crippen LogP contribution < -0.4 is 15.4 Å². The summed E-state index contributed by atoms with van der Waals surface area (Å²) < 4.78 is 5.75. The summed E-state index contributed by atoms with van der Waals surface area (Å²) in [7, 11) is 0. The Labute approximate surface area is 116 Å². The Balaban J connectivity index is 1.80. The van der Waals surface area contributed by atoms with Crippen molar-refractivity contribution in [2.24, 2.45) is 11.8 Å². The van der Waals surface area contributed by atoms with Crippen LogP contribution in [0.25, 0.3) is 0 Å². The van der Waals surface area contributed by atoms with Gasteiger partial charge in [0.15, 0.2) is 0 Å². The first-order chi connectivity index (χ1) is 9.24. The average molecular weight is 262 g/mol. The molecule has 3 nitrogen and oxygen atoms in total. The van der Waals surface area contributed by atoms with Crippen LogP contribution in [0.15, 0.2) is 24.3 Å². The Morgan fingerprint density at radius 2 is 2.32 bits per heavy atom. The second-order valence-corrected chi connectivity index (χ2v) is 5.83. The van der Waals surface area contributed by atoms with Crippen LogP contribution in [0.5, 0.6) is 5.75 Å². The second kappa shape index (κ2) is 7.39. The van der Waals surface area contributed by atoms with E-state index in [4.69, 9.17) is 4.74 Å². The maximum absolute atomic E-state index is 5.75. The van der Waals surface area contributed by atoms with Crippen LogP contribution in [-0.4, -0.2) is 26.2 Å². The fourth-order valence-corrected chi connectivity index (χ4v) is 2.32. The topological polar surface area (TPSA) is 33.3 Å². The molecule has 1 atom stereocenters. The Hall–Kier alpha value is -1.22. The van der Waals surface area contributed by atoms with Crippen molar-refractivity contribution < 1.29 is 4.74 Å². The molecule has 3 heteroatoms. The molecule has 1 heterocycles. The zero-order valence-electron chi connectivity index (χ0n) is 12.1. The lowest BCUT2D eigenvalue weighted by Gasteiger charge is -2.23. The van der Waals surface area contributed by atoms with Crippen molar-refractivity contribution >= 4 is 5.69 Å².